The highest BCUT2D eigenvalue weighted by Gasteiger charge is 2.24. The molecule has 0 saturated heterocycles. The number of carbonyl (C=O) groups is 1. The van der Waals surface area contributed by atoms with Gasteiger partial charge in [0.05, 0.1) is 23.1 Å². The fourth-order valence-corrected chi connectivity index (χ4v) is 3.48. The van der Waals surface area contributed by atoms with Crippen LogP contribution in [0.3, 0.4) is 0 Å². The van der Waals surface area contributed by atoms with Gasteiger partial charge in [-0.05, 0) is 36.2 Å². The number of anilines is 1. The molecule has 22 heavy (non-hydrogen) atoms. The molecule has 2 rings (SSSR count). The zero-order chi connectivity index (χ0) is 16.2. The number of benzene rings is 2. The number of sulfonamides is 1. The van der Waals surface area contributed by atoms with Crippen LogP contribution in [0.1, 0.15) is 12.5 Å². The number of nitrogens with zero attached hydrogens (tertiary/aromatic N) is 1. The Morgan fingerprint density at radius 3 is 2.14 bits per heavy atom. The van der Waals surface area contributed by atoms with E-state index in [1.165, 1.54) is 12.1 Å². The number of carboxylic acids is 1. The second-order valence-corrected chi connectivity index (χ2v) is 6.58. The van der Waals surface area contributed by atoms with Crippen molar-refractivity contribution in [3.63, 3.8) is 0 Å². The molecule has 0 aliphatic rings. The lowest BCUT2D eigenvalue weighted by Gasteiger charge is -2.25. The third-order valence-corrected chi connectivity index (χ3v) is 5.02. The number of hydrogen-bond donors (Lipinski definition) is 0. The van der Waals surface area contributed by atoms with Gasteiger partial charge in [0, 0.05) is 0 Å². The molecule has 6 heteroatoms. The highest BCUT2D eigenvalue weighted by molar-refractivity contribution is 7.92. The summed E-state index contributed by atoms with van der Waals surface area (Å²) in [6, 6.07) is 14.5. The Morgan fingerprint density at radius 1 is 1.05 bits per heavy atom. The van der Waals surface area contributed by atoms with Crippen molar-refractivity contribution >= 4 is 21.7 Å². The van der Waals surface area contributed by atoms with Crippen LogP contribution in [0.2, 0.25) is 0 Å². The number of aryl methyl sites for hydroxylation is 1. The fraction of sp³-hybridized carbons (Fsp3) is 0.188. The van der Waals surface area contributed by atoms with E-state index in [1.807, 2.05) is 6.92 Å². The largest absolute Gasteiger partial charge is 0.548 e. The van der Waals surface area contributed by atoms with Crippen LogP contribution in [-0.4, -0.2) is 20.9 Å². The molecule has 0 radical (unpaired) electrons. The van der Waals surface area contributed by atoms with E-state index in [1.54, 1.807) is 42.5 Å². The lowest BCUT2D eigenvalue weighted by atomic mass is 10.1. The molecule has 0 unspecified atom stereocenters. The van der Waals surface area contributed by atoms with Gasteiger partial charge in [0.1, 0.15) is 0 Å². The molecule has 0 bridgehead atoms. The molecule has 0 heterocycles. The summed E-state index contributed by atoms with van der Waals surface area (Å²) in [4.78, 5) is 11.0. The van der Waals surface area contributed by atoms with E-state index in [4.69, 9.17) is 0 Å². The van der Waals surface area contributed by atoms with Crippen LogP contribution in [0, 0.1) is 0 Å². The second kappa shape index (κ2) is 6.62. The maximum atomic E-state index is 12.7. The first kappa shape index (κ1) is 16.0. The van der Waals surface area contributed by atoms with Gasteiger partial charge < -0.3 is 9.90 Å². The van der Waals surface area contributed by atoms with E-state index in [0.717, 1.165) is 16.3 Å². The van der Waals surface area contributed by atoms with Crippen molar-refractivity contribution in [1.82, 2.24) is 0 Å². The predicted molar refractivity (Wildman–Crippen MR) is 81.8 cm³/mol. The molecule has 0 atom stereocenters. The Hall–Kier alpha value is -2.34. The summed E-state index contributed by atoms with van der Waals surface area (Å²) in [5, 5.41) is 11.0. The zero-order valence-electron chi connectivity index (χ0n) is 12.1. The Morgan fingerprint density at radius 2 is 1.64 bits per heavy atom. The van der Waals surface area contributed by atoms with E-state index < -0.39 is 22.5 Å². The summed E-state index contributed by atoms with van der Waals surface area (Å²) < 4.78 is 26.2. The Labute approximate surface area is 129 Å². The number of carbonyl (C=O) groups excluding carboxylic acids is 1. The first-order valence-electron chi connectivity index (χ1n) is 6.81. The molecular weight excluding hydrogens is 302 g/mol. The van der Waals surface area contributed by atoms with Crippen molar-refractivity contribution in [3.8, 4) is 0 Å². The lowest BCUT2D eigenvalue weighted by Crippen LogP contribution is -2.41. The van der Waals surface area contributed by atoms with Crippen LogP contribution in [0.4, 0.5) is 5.69 Å². The van der Waals surface area contributed by atoms with Crippen LogP contribution >= 0.6 is 0 Å². The summed E-state index contributed by atoms with van der Waals surface area (Å²) in [5.74, 6) is -1.46. The minimum absolute atomic E-state index is 0.0378. The SMILES string of the molecule is CCc1ccc(N(CC(=O)[O-])S(=O)(=O)c2ccccc2)cc1. The van der Waals surface area contributed by atoms with Gasteiger partial charge in [-0.25, -0.2) is 8.42 Å². The van der Waals surface area contributed by atoms with Crippen LogP contribution < -0.4 is 9.41 Å². The van der Waals surface area contributed by atoms with Crippen molar-refractivity contribution in [2.24, 2.45) is 0 Å². The molecule has 5 nitrogen and oxygen atoms in total. The van der Waals surface area contributed by atoms with Gasteiger partial charge >= 0.3 is 0 Å². The van der Waals surface area contributed by atoms with Crippen molar-refractivity contribution < 1.29 is 18.3 Å². The highest BCUT2D eigenvalue weighted by Crippen LogP contribution is 2.23. The van der Waals surface area contributed by atoms with E-state index in [-0.39, 0.29) is 4.90 Å². The molecule has 0 fully saturated rings. The smallest absolute Gasteiger partial charge is 0.264 e. The predicted octanol–water partition coefficient (Wildman–Crippen LogP) is 1.19. The van der Waals surface area contributed by atoms with Gasteiger partial charge in [-0.15, -0.1) is 0 Å². The first-order chi connectivity index (χ1) is 10.4. The van der Waals surface area contributed by atoms with Crippen molar-refractivity contribution in [1.29, 1.82) is 0 Å². The maximum Gasteiger partial charge on any atom is 0.264 e. The van der Waals surface area contributed by atoms with Crippen LogP contribution in [0.25, 0.3) is 0 Å². The van der Waals surface area contributed by atoms with Gasteiger partial charge in [0.15, 0.2) is 0 Å². The lowest BCUT2D eigenvalue weighted by molar-refractivity contribution is -0.303. The number of carboxylic acid groups (broad SMARTS) is 1. The Kier molecular flexibility index (Phi) is 4.82. The molecule has 0 aliphatic heterocycles. The first-order valence-corrected chi connectivity index (χ1v) is 8.25. The quantitative estimate of drug-likeness (QED) is 0.801. The monoisotopic (exact) mass is 318 g/mol. The number of aliphatic carboxylic acids is 1. The van der Waals surface area contributed by atoms with E-state index in [2.05, 4.69) is 0 Å². The third-order valence-electron chi connectivity index (χ3n) is 3.24. The highest BCUT2D eigenvalue weighted by atomic mass is 32.2. The molecule has 0 N–H and O–H groups in total. The average molecular weight is 318 g/mol. The minimum Gasteiger partial charge on any atom is -0.548 e. The van der Waals surface area contributed by atoms with E-state index in [9.17, 15) is 18.3 Å². The van der Waals surface area contributed by atoms with Crippen LogP contribution in [-0.2, 0) is 21.2 Å². The van der Waals surface area contributed by atoms with E-state index >= 15 is 0 Å². The average Bonchev–Trinajstić information content (AvgIpc) is 2.53. The Balaban J connectivity index is 2.47. The number of hydrogen-bond acceptors (Lipinski definition) is 4. The van der Waals surface area contributed by atoms with Crippen molar-refractivity contribution in [3.05, 3.63) is 60.2 Å². The Bertz CT molecular complexity index is 739. The molecule has 0 amide bonds. The van der Waals surface area contributed by atoms with Crippen molar-refractivity contribution in [2.75, 3.05) is 10.8 Å². The summed E-state index contributed by atoms with van der Waals surface area (Å²) >= 11 is 0. The van der Waals surface area contributed by atoms with Gasteiger partial charge in [-0.1, -0.05) is 37.3 Å². The molecule has 0 aliphatic carbocycles. The topological polar surface area (TPSA) is 77.5 Å². The summed E-state index contributed by atoms with van der Waals surface area (Å²) in [5.41, 5.74) is 1.33. The standard InChI is InChI=1S/C16H17NO4S/c1-2-13-8-10-14(11-9-13)17(12-16(18)19)22(20,21)15-6-4-3-5-7-15/h3-11H,2,12H2,1H3,(H,18,19)/p-1. The van der Waals surface area contributed by atoms with Gasteiger partial charge in [0.2, 0.25) is 0 Å². The van der Waals surface area contributed by atoms with Gasteiger partial charge in [-0.2, -0.15) is 0 Å². The third kappa shape index (κ3) is 3.46. The summed E-state index contributed by atoms with van der Waals surface area (Å²) in [6.45, 7) is 1.25. The van der Waals surface area contributed by atoms with Gasteiger partial charge in [-0.3, -0.25) is 4.31 Å². The van der Waals surface area contributed by atoms with Crippen LogP contribution in [0.5, 0.6) is 0 Å². The molecule has 0 aromatic heterocycles. The summed E-state index contributed by atoms with van der Waals surface area (Å²) in [6.07, 6.45) is 0.812. The number of rotatable bonds is 6. The van der Waals surface area contributed by atoms with Crippen LogP contribution in [0.15, 0.2) is 59.5 Å². The maximum absolute atomic E-state index is 12.7. The molecule has 116 valence electrons. The normalized spacial score (nSPS) is 11.1. The summed E-state index contributed by atoms with van der Waals surface area (Å²) in [7, 11) is -3.96. The molecule has 2 aromatic rings. The molecular formula is C16H16NO4S-. The van der Waals surface area contributed by atoms with Crippen molar-refractivity contribution in [2.45, 2.75) is 18.2 Å². The zero-order valence-corrected chi connectivity index (χ0v) is 12.9. The fourth-order valence-electron chi connectivity index (χ4n) is 2.05. The molecule has 0 spiro atoms. The van der Waals surface area contributed by atoms with Gasteiger partial charge in [0.25, 0.3) is 10.0 Å². The minimum atomic E-state index is -3.96. The second-order valence-electron chi connectivity index (χ2n) is 4.72. The molecule has 0 saturated carbocycles. The van der Waals surface area contributed by atoms with E-state index in [0.29, 0.717) is 5.69 Å². The molecule has 2 aromatic carbocycles.